The maximum atomic E-state index is 8.78. The minimum atomic E-state index is 0.0254. The summed E-state index contributed by atoms with van der Waals surface area (Å²) in [6.07, 6.45) is 2.32. The van der Waals surface area contributed by atoms with Crippen molar-refractivity contribution < 1.29 is 5.11 Å². The van der Waals surface area contributed by atoms with E-state index in [-0.39, 0.29) is 12.4 Å². The first-order chi connectivity index (χ1) is 7.69. The largest absolute Gasteiger partial charge is 0.396 e. The fourth-order valence-corrected chi connectivity index (χ4v) is 1.43. The summed E-state index contributed by atoms with van der Waals surface area (Å²) in [6, 6.07) is 3.63. The average Bonchev–Trinajstić information content (AvgIpc) is 2.30. The zero-order chi connectivity index (χ0) is 12.0. The van der Waals surface area contributed by atoms with Crippen molar-refractivity contribution in [2.24, 2.45) is 5.73 Å². The van der Waals surface area contributed by atoms with Crippen molar-refractivity contribution >= 4 is 11.7 Å². The van der Waals surface area contributed by atoms with Gasteiger partial charge in [0.25, 0.3) is 0 Å². The van der Waals surface area contributed by atoms with Gasteiger partial charge < -0.3 is 15.7 Å². The number of nitrogens with one attached hydrogen (secondary N) is 1. The average molecular weight is 222 g/mol. The summed E-state index contributed by atoms with van der Waals surface area (Å²) < 4.78 is 0. The summed E-state index contributed by atoms with van der Waals surface area (Å²) in [5, 5.41) is 16.0. The van der Waals surface area contributed by atoms with Crippen molar-refractivity contribution in [2.45, 2.75) is 13.3 Å². The van der Waals surface area contributed by atoms with Crippen LogP contribution in [0.25, 0.3) is 0 Å². The summed E-state index contributed by atoms with van der Waals surface area (Å²) in [5.74, 6) is 0.874. The molecule has 1 aromatic rings. The molecular formula is C11H18N4O. The second-order valence-corrected chi connectivity index (χ2v) is 3.48. The summed E-state index contributed by atoms with van der Waals surface area (Å²) in [6.45, 7) is 3.84. The molecule has 0 saturated carbocycles. The van der Waals surface area contributed by atoms with Gasteiger partial charge in [-0.3, -0.25) is 5.41 Å². The predicted octanol–water partition coefficient (Wildman–Crippen LogP) is 0.574. The lowest BCUT2D eigenvalue weighted by Crippen LogP contribution is -2.25. The minimum Gasteiger partial charge on any atom is -0.396 e. The smallest absolute Gasteiger partial charge is 0.128 e. The Morgan fingerprint density at radius 3 is 2.75 bits per heavy atom. The van der Waals surface area contributed by atoms with Crippen molar-refractivity contribution in [1.82, 2.24) is 4.98 Å². The number of rotatable bonds is 6. The van der Waals surface area contributed by atoms with Crippen molar-refractivity contribution in [3.05, 3.63) is 23.9 Å². The lowest BCUT2D eigenvalue weighted by molar-refractivity contribution is 0.289. The number of amidine groups is 1. The number of aliphatic hydroxyl groups excluding tert-OH is 1. The molecule has 1 aromatic heterocycles. The molecule has 0 bridgehead atoms. The van der Waals surface area contributed by atoms with Crippen molar-refractivity contribution in [2.75, 3.05) is 24.6 Å². The molecule has 0 aliphatic carbocycles. The fraction of sp³-hybridized carbons (Fsp3) is 0.455. The molecule has 0 aromatic carbocycles. The molecular weight excluding hydrogens is 204 g/mol. The molecule has 0 atom stereocenters. The highest BCUT2D eigenvalue weighted by atomic mass is 16.3. The van der Waals surface area contributed by atoms with E-state index < -0.39 is 0 Å². The zero-order valence-corrected chi connectivity index (χ0v) is 9.48. The molecule has 0 radical (unpaired) electrons. The highest BCUT2D eigenvalue weighted by molar-refractivity contribution is 5.94. The molecule has 0 amide bonds. The molecule has 16 heavy (non-hydrogen) atoms. The number of nitrogens with zero attached hydrogens (tertiary/aromatic N) is 2. The van der Waals surface area contributed by atoms with Crippen LogP contribution in [-0.2, 0) is 0 Å². The summed E-state index contributed by atoms with van der Waals surface area (Å²) in [7, 11) is 0. The highest BCUT2D eigenvalue weighted by Gasteiger charge is 2.05. The Bertz CT molecular complexity index is 336. The van der Waals surface area contributed by atoms with Crippen molar-refractivity contribution in [3.63, 3.8) is 0 Å². The third-order valence-corrected chi connectivity index (χ3v) is 2.35. The Balaban J connectivity index is 2.74. The quantitative estimate of drug-likeness (QED) is 0.485. The fourth-order valence-electron chi connectivity index (χ4n) is 1.43. The number of anilines is 1. The normalized spacial score (nSPS) is 10.1. The van der Waals surface area contributed by atoms with Crippen LogP contribution in [-0.4, -0.2) is 35.6 Å². The first-order valence-corrected chi connectivity index (χ1v) is 5.35. The van der Waals surface area contributed by atoms with Crippen molar-refractivity contribution in [1.29, 1.82) is 5.41 Å². The Morgan fingerprint density at radius 1 is 1.56 bits per heavy atom. The molecule has 0 aliphatic heterocycles. The Kier molecular flexibility index (Phi) is 4.72. The first-order valence-electron chi connectivity index (χ1n) is 5.35. The van der Waals surface area contributed by atoms with Crippen LogP contribution in [0.4, 0.5) is 5.82 Å². The van der Waals surface area contributed by atoms with Gasteiger partial charge in [-0.2, -0.15) is 0 Å². The second-order valence-electron chi connectivity index (χ2n) is 3.48. The molecule has 0 aliphatic rings. The molecule has 5 heteroatoms. The number of nitrogen functional groups attached to an aromatic ring is 1. The highest BCUT2D eigenvalue weighted by Crippen LogP contribution is 2.11. The van der Waals surface area contributed by atoms with E-state index in [4.69, 9.17) is 16.2 Å². The Morgan fingerprint density at radius 2 is 2.31 bits per heavy atom. The molecule has 1 rings (SSSR count). The van der Waals surface area contributed by atoms with E-state index in [1.807, 2.05) is 13.0 Å². The number of nitrogens with two attached hydrogens (primary N) is 1. The molecule has 0 spiro atoms. The van der Waals surface area contributed by atoms with Gasteiger partial charge in [-0.15, -0.1) is 0 Å². The van der Waals surface area contributed by atoms with Gasteiger partial charge in [-0.1, -0.05) is 0 Å². The van der Waals surface area contributed by atoms with Crippen LogP contribution >= 0.6 is 0 Å². The van der Waals surface area contributed by atoms with Crippen LogP contribution in [0.1, 0.15) is 18.9 Å². The van der Waals surface area contributed by atoms with E-state index in [0.29, 0.717) is 5.56 Å². The molecule has 4 N–H and O–H groups in total. The molecule has 0 fully saturated rings. The second kappa shape index (κ2) is 6.07. The van der Waals surface area contributed by atoms with Gasteiger partial charge >= 0.3 is 0 Å². The maximum Gasteiger partial charge on any atom is 0.128 e. The monoisotopic (exact) mass is 222 g/mol. The number of hydrogen-bond donors (Lipinski definition) is 3. The first kappa shape index (κ1) is 12.4. The van der Waals surface area contributed by atoms with E-state index in [2.05, 4.69) is 9.88 Å². The predicted molar refractivity (Wildman–Crippen MR) is 64.8 cm³/mol. The summed E-state index contributed by atoms with van der Waals surface area (Å²) in [5.41, 5.74) is 5.98. The minimum absolute atomic E-state index is 0.0254. The lowest BCUT2D eigenvalue weighted by atomic mass is 10.2. The number of pyridine rings is 1. The summed E-state index contributed by atoms with van der Waals surface area (Å²) in [4.78, 5) is 6.32. The Labute approximate surface area is 95.4 Å². The van der Waals surface area contributed by atoms with Gasteiger partial charge in [0.2, 0.25) is 0 Å². The molecule has 1 heterocycles. The maximum absolute atomic E-state index is 8.78. The number of aromatic nitrogens is 1. The van der Waals surface area contributed by atoms with E-state index in [1.165, 1.54) is 0 Å². The van der Waals surface area contributed by atoms with Gasteiger partial charge in [-0.05, 0) is 25.5 Å². The van der Waals surface area contributed by atoms with Crippen LogP contribution in [0.15, 0.2) is 18.3 Å². The third-order valence-electron chi connectivity index (χ3n) is 2.35. The van der Waals surface area contributed by atoms with Crippen molar-refractivity contribution in [3.8, 4) is 0 Å². The van der Waals surface area contributed by atoms with Crippen LogP contribution in [0.5, 0.6) is 0 Å². The summed E-state index contributed by atoms with van der Waals surface area (Å²) >= 11 is 0. The SMILES string of the molecule is CCN(CCCO)c1ccc(C(=N)N)cn1. The number of hydrogen-bond acceptors (Lipinski definition) is 4. The molecule has 88 valence electrons. The Hall–Kier alpha value is -1.62. The van der Waals surface area contributed by atoms with Gasteiger partial charge in [0.15, 0.2) is 0 Å². The molecule has 0 saturated heterocycles. The van der Waals surface area contributed by atoms with Crippen LogP contribution in [0.3, 0.4) is 0 Å². The van der Waals surface area contributed by atoms with E-state index in [9.17, 15) is 0 Å². The van der Waals surface area contributed by atoms with Gasteiger partial charge in [0, 0.05) is 31.5 Å². The van der Waals surface area contributed by atoms with Gasteiger partial charge in [-0.25, -0.2) is 4.98 Å². The topological polar surface area (TPSA) is 86.2 Å². The van der Waals surface area contributed by atoms with E-state index >= 15 is 0 Å². The lowest BCUT2D eigenvalue weighted by Gasteiger charge is -2.21. The van der Waals surface area contributed by atoms with Gasteiger partial charge in [0.05, 0.1) is 0 Å². The molecule has 0 unspecified atom stereocenters. The standard InChI is InChI=1S/C11H18N4O/c1-2-15(6-3-7-16)10-5-4-9(8-14-10)11(12)13/h4-5,8,16H,2-3,6-7H2,1H3,(H3,12,13). The van der Waals surface area contributed by atoms with Crippen LogP contribution in [0.2, 0.25) is 0 Å². The number of aliphatic hydroxyl groups is 1. The van der Waals surface area contributed by atoms with Gasteiger partial charge in [0.1, 0.15) is 11.7 Å². The van der Waals surface area contributed by atoms with E-state index in [0.717, 1.165) is 25.3 Å². The van der Waals surface area contributed by atoms with Crippen LogP contribution < -0.4 is 10.6 Å². The van der Waals surface area contributed by atoms with E-state index in [1.54, 1.807) is 12.3 Å². The molecule has 5 nitrogen and oxygen atoms in total. The zero-order valence-electron chi connectivity index (χ0n) is 9.48. The van der Waals surface area contributed by atoms with Crippen LogP contribution in [0, 0.1) is 5.41 Å². The third kappa shape index (κ3) is 3.20.